The quantitative estimate of drug-likeness (QED) is 0.428. The Morgan fingerprint density at radius 3 is 2.44 bits per heavy atom. The van der Waals surface area contributed by atoms with Crippen molar-refractivity contribution < 1.29 is 26.8 Å². The Labute approximate surface area is 103 Å². The van der Waals surface area contributed by atoms with E-state index in [1.807, 2.05) is 6.92 Å². The minimum Gasteiger partial charge on any atom is -0.494 e. The summed E-state index contributed by atoms with van der Waals surface area (Å²) in [5.41, 5.74) is -0.924. The Kier molecular flexibility index (Phi) is 5.46. The first kappa shape index (κ1) is 14.8. The van der Waals surface area contributed by atoms with Gasteiger partial charge in [0.2, 0.25) is 0 Å². The maximum absolute atomic E-state index is 12.9. The Hall–Kier alpha value is -1.24. The van der Waals surface area contributed by atoms with Gasteiger partial charge in [0, 0.05) is 12.7 Å². The van der Waals surface area contributed by atoms with Crippen molar-refractivity contribution in [3.05, 3.63) is 24.0 Å². The lowest BCUT2D eigenvalue weighted by Gasteiger charge is -2.19. The van der Waals surface area contributed by atoms with Crippen molar-refractivity contribution in [1.82, 2.24) is 0 Å². The highest BCUT2D eigenvalue weighted by atomic mass is 19.4. The number of hydrogen-bond donors (Lipinski definition) is 0. The summed E-state index contributed by atoms with van der Waals surface area (Å²) in [6.07, 6.45) is 0.816. The molecule has 7 heteroatoms. The van der Waals surface area contributed by atoms with Crippen LogP contribution in [0.5, 0.6) is 5.75 Å². The van der Waals surface area contributed by atoms with Gasteiger partial charge in [-0.25, -0.2) is 4.39 Å². The highest BCUT2D eigenvalue weighted by Crippen LogP contribution is 2.18. The van der Waals surface area contributed by atoms with Crippen molar-refractivity contribution in [2.75, 3.05) is 19.8 Å². The fourth-order valence-electron chi connectivity index (χ4n) is 1.36. The van der Waals surface area contributed by atoms with Gasteiger partial charge in [-0.05, 0) is 12.5 Å². The van der Waals surface area contributed by atoms with Gasteiger partial charge in [0.05, 0.1) is 12.4 Å². The summed E-state index contributed by atoms with van der Waals surface area (Å²) in [7, 11) is 0. The van der Waals surface area contributed by atoms with Crippen LogP contribution in [-0.2, 0) is 4.74 Å². The molecule has 0 saturated carbocycles. The van der Waals surface area contributed by atoms with Crippen LogP contribution in [0.2, 0.25) is 0 Å². The molecular weight excluding hydrogens is 251 g/mol. The molecule has 2 nitrogen and oxygen atoms in total. The van der Waals surface area contributed by atoms with Crippen LogP contribution >= 0.6 is 0 Å². The summed E-state index contributed by atoms with van der Waals surface area (Å²) in [6.45, 7) is -2.65. The molecule has 1 rings (SSSR count). The first-order valence-electron chi connectivity index (χ1n) is 5.65. The maximum Gasteiger partial charge on any atom is 0.513 e. The van der Waals surface area contributed by atoms with E-state index in [0.29, 0.717) is 12.7 Å². The van der Waals surface area contributed by atoms with E-state index < -0.39 is 24.0 Å². The summed E-state index contributed by atoms with van der Waals surface area (Å²) in [5.74, 6) is -1.24. The molecule has 0 saturated heterocycles. The topological polar surface area (TPSA) is 18.5 Å². The molecule has 0 unspecified atom stereocenters. The minimum absolute atomic E-state index is 0.0391. The third-order valence-corrected chi connectivity index (χ3v) is 2.16. The van der Waals surface area contributed by atoms with Crippen molar-refractivity contribution in [2.24, 2.45) is 0 Å². The first-order valence-corrected chi connectivity index (χ1v) is 5.65. The molecular formula is C11H14BF4O2-. The number of halogens is 4. The largest absolute Gasteiger partial charge is 0.513 e. The van der Waals surface area contributed by atoms with Crippen LogP contribution in [0.15, 0.2) is 18.2 Å². The van der Waals surface area contributed by atoms with E-state index in [0.717, 1.165) is 18.6 Å². The Balaban J connectivity index is 2.65. The molecule has 0 aromatic heterocycles. The molecule has 0 fully saturated rings. The van der Waals surface area contributed by atoms with Gasteiger partial charge < -0.3 is 22.4 Å². The summed E-state index contributed by atoms with van der Waals surface area (Å²) in [4.78, 5) is 0. The fraction of sp³-hybridized carbons (Fsp3) is 0.455. The third-order valence-electron chi connectivity index (χ3n) is 2.16. The SMILES string of the molecule is CCCOCCOc1cc(F)ccc1[B-](F)(F)F. The van der Waals surface area contributed by atoms with Gasteiger partial charge >= 0.3 is 6.98 Å². The molecule has 0 aliphatic rings. The zero-order chi connectivity index (χ0) is 13.6. The van der Waals surface area contributed by atoms with Crippen LogP contribution in [0.3, 0.4) is 0 Å². The Morgan fingerprint density at radius 2 is 1.83 bits per heavy atom. The number of hydrogen-bond acceptors (Lipinski definition) is 2. The molecule has 18 heavy (non-hydrogen) atoms. The molecule has 0 N–H and O–H groups in total. The monoisotopic (exact) mass is 265 g/mol. The second-order valence-electron chi connectivity index (χ2n) is 3.72. The highest BCUT2D eigenvalue weighted by Gasteiger charge is 2.29. The molecule has 0 heterocycles. The van der Waals surface area contributed by atoms with Crippen LogP contribution in [-0.4, -0.2) is 26.8 Å². The molecule has 0 spiro atoms. The number of rotatable bonds is 7. The predicted octanol–water partition coefficient (Wildman–Crippen LogP) is 2.69. The second-order valence-corrected chi connectivity index (χ2v) is 3.72. The van der Waals surface area contributed by atoms with E-state index in [2.05, 4.69) is 0 Å². The van der Waals surface area contributed by atoms with Crippen LogP contribution in [0, 0.1) is 5.82 Å². The molecule has 102 valence electrons. The van der Waals surface area contributed by atoms with Crippen LogP contribution < -0.4 is 10.2 Å². The zero-order valence-electron chi connectivity index (χ0n) is 9.97. The summed E-state index contributed by atoms with van der Waals surface area (Å²) in [6, 6.07) is 2.20. The average molecular weight is 265 g/mol. The number of benzene rings is 1. The van der Waals surface area contributed by atoms with Crippen molar-refractivity contribution in [1.29, 1.82) is 0 Å². The van der Waals surface area contributed by atoms with Gasteiger partial charge in [-0.3, -0.25) is 0 Å². The molecule has 0 amide bonds. The lowest BCUT2D eigenvalue weighted by molar-refractivity contribution is 0.101. The normalized spacial score (nSPS) is 11.6. The Bertz CT molecular complexity index is 382. The fourth-order valence-corrected chi connectivity index (χ4v) is 1.36. The molecule has 0 atom stereocenters. The lowest BCUT2D eigenvalue weighted by atomic mass is 9.79. The van der Waals surface area contributed by atoms with E-state index in [-0.39, 0.29) is 13.2 Å². The second kappa shape index (κ2) is 6.63. The standard InChI is InChI=1S/C11H14BF4O2/c1-2-5-17-6-7-18-11-8-9(13)3-4-10(11)12(14,15)16/h3-4,8H,2,5-7H2,1H3/q-1. The maximum atomic E-state index is 12.9. The van der Waals surface area contributed by atoms with Gasteiger partial charge in [0.1, 0.15) is 12.4 Å². The van der Waals surface area contributed by atoms with E-state index in [4.69, 9.17) is 9.47 Å². The van der Waals surface area contributed by atoms with E-state index in [1.165, 1.54) is 0 Å². The van der Waals surface area contributed by atoms with Gasteiger partial charge in [-0.15, -0.1) is 0 Å². The highest BCUT2D eigenvalue weighted by molar-refractivity contribution is 6.74. The third kappa shape index (κ3) is 4.56. The average Bonchev–Trinajstić information content (AvgIpc) is 2.27. The van der Waals surface area contributed by atoms with Crippen LogP contribution in [0.1, 0.15) is 13.3 Å². The molecule has 1 aromatic rings. The number of ether oxygens (including phenoxy) is 2. The minimum atomic E-state index is -5.21. The molecule has 0 aliphatic heterocycles. The van der Waals surface area contributed by atoms with Crippen molar-refractivity contribution in [3.8, 4) is 5.75 Å². The predicted molar refractivity (Wildman–Crippen MR) is 61.7 cm³/mol. The van der Waals surface area contributed by atoms with Crippen LogP contribution in [0.4, 0.5) is 17.3 Å². The van der Waals surface area contributed by atoms with Gasteiger partial charge in [-0.2, -0.15) is 0 Å². The molecule has 0 bridgehead atoms. The van der Waals surface area contributed by atoms with E-state index in [1.54, 1.807) is 0 Å². The van der Waals surface area contributed by atoms with E-state index in [9.17, 15) is 17.3 Å². The van der Waals surface area contributed by atoms with Crippen molar-refractivity contribution >= 4 is 12.4 Å². The zero-order valence-corrected chi connectivity index (χ0v) is 9.97. The summed E-state index contributed by atoms with van der Waals surface area (Å²) in [5, 5.41) is 0. The van der Waals surface area contributed by atoms with Gasteiger partial charge in [0.15, 0.2) is 0 Å². The summed E-state index contributed by atoms with van der Waals surface area (Å²) < 4.78 is 60.8. The Morgan fingerprint density at radius 1 is 1.11 bits per heavy atom. The van der Waals surface area contributed by atoms with Gasteiger partial charge in [-0.1, -0.05) is 18.5 Å². The molecule has 0 radical (unpaired) electrons. The lowest BCUT2D eigenvalue weighted by Crippen LogP contribution is -2.35. The van der Waals surface area contributed by atoms with Crippen molar-refractivity contribution in [2.45, 2.75) is 13.3 Å². The molecule has 0 aliphatic carbocycles. The van der Waals surface area contributed by atoms with E-state index >= 15 is 0 Å². The summed E-state index contributed by atoms with van der Waals surface area (Å²) >= 11 is 0. The van der Waals surface area contributed by atoms with Crippen molar-refractivity contribution in [3.63, 3.8) is 0 Å². The first-order chi connectivity index (χ1) is 8.45. The van der Waals surface area contributed by atoms with Gasteiger partial charge in [0.25, 0.3) is 0 Å². The molecule has 1 aromatic carbocycles. The van der Waals surface area contributed by atoms with Crippen LogP contribution in [0.25, 0.3) is 0 Å². The smallest absolute Gasteiger partial charge is 0.494 e.